The summed E-state index contributed by atoms with van der Waals surface area (Å²) in [5.41, 5.74) is 0. The van der Waals surface area contributed by atoms with Gasteiger partial charge in [-0.15, -0.1) is 0 Å². The zero-order valence-electron chi connectivity index (χ0n) is 42.3. The van der Waals surface area contributed by atoms with Crippen LogP contribution in [0.5, 0.6) is 0 Å². The van der Waals surface area contributed by atoms with Crippen molar-refractivity contribution in [3.63, 3.8) is 0 Å². The lowest BCUT2D eigenvalue weighted by Gasteiger charge is -2.46. The van der Waals surface area contributed by atoms with Crippen molar-refractivity contribution in [2.24, 2.45) is 0 Å². The van der Waals surface area contributed by atoms with E-state index in [9.17, 15) is 55.5 Å². The van der Waals surface area contributed by atoms with E-state index in [-0.39, 0.29) is 12.8 Å². The molecule has 0 amide bonds. The standard InChI is InChI=1S/C32H58O13.C18H36O6/c1-5-7-9-11-13-15-21(17-23(33)34)43-24(35)18-22(16-14-12-10-8-6-2)44-32-30(28(39)26(37)20(4)42-32)45-31-29(40)27(38)25(36)19(3)41-31;1-2-3-4-5-6-7-8-9-10-11-12-23-18-17(22)16(21)15(20)14(13-19)24-18/h19-22,25-32,36-40H,5-18H2,1-4H3,(H,33,34);14-22H,2-13H2,1H3/t;14-,15-,16+,17-,18-/m.1/s1. The van der Waals surface area contributed by atoms with E-state index in [1.54, 1.807) is 6.92 Å². The Morgan fingerprint density at radius 3 is 1.46 bits per heavy atom. The number of ether oxygens (including phenoxy) is 7. The maximum Gasteiger partial charge on any atom is 0.308 e. The molecule has 0 saturated carbocycles. The number of hydrogen-bond donors (Lipinski definition) is 10. The molecule has 0 bridgehead atoms. The highest BCUT2D eigenvalue weighted by Gasteiger charge is 2.50. The van der Waals surface area contributed by atoms with Crippen LogP contribution in [-0.2, 0) is 42.7 Å². The molecule has 3 aliphatic heterocycles. The van der Waals surface area contributed by atoms with E-state index < -0.39 is 123 Å². The van der Waals surface area contributed by atoms with E-state index in [0.29, 0.717) is 19.4 Å². The van der Waals surface area contributed by atoms with Gasteiger partial charge < -0.3 is 84.2 Å². The molecule has 10 N–H and O–H groups in total. The summed E-state index contributed by atoms with van der Waals surface area (Å²) in [4.78, 5) is 24.6. The van der Waals surface area contributed by atoms with Crippen molar-refractivity contribution >= 4 is 11.9 Å². The normalized spacial score (nSPS) is 32.5. The van der Waals surface area contributed by atoms with E-state index in [1.165, 1.54) is 58.3 Å². The van der Waals surface area contributed by atoms with Gasteiger partial charge in [-0.1, -0.05) is 136 Å². The molecule has 0 aromatic carbocycles. The molecule has 69 heavy (non-hydrogen) atoms. The fourth-order valence-electron chi connectivity index (χ4n) is 8.71. The van der Waals surface area contributed by atoms with E-state index in [2.05, 4.69) is 20.8 Å². The minimum Gasteiger partial charge on any atom is -0.481 e. The van der Waals surface area contributed by atoms with Gasteiger partial charge in [0.25, 0.3) is 0 Å². The molecule has 0 spiro atoms. The Labute approximate surface area is 411 Å². The second-order valence-corrected chi connectivity index (χ2v) is 19.3. The van der Waals surface area contributed by atoms with Gasteiger partial charge in [-0.3, -0.25) is 9.59 Å². The Bertz CT molecular complexity index is 1310. The number of aliphatic hydroxyl groups excluding tert-OH is 9. The van der Waals surface area contributed by atoms with Crippen LogP contribution in [0.2, 0.25) is 0 Å². The molecule has 408 valence electrons. The zero-order chi connectivity index (χ0) is 51.3. The fourth-order valence-corrected chi connectivity index (χ4v) is 8.71. The molecule has 3 fully saturated rings. The first-order valence-electron chi connectivity index (χ1n) is 26.4. The molecular formula is C50H94O19. The quantitative estimate of drug-likeness (QED) is 0.0318. The number of unbranched alkanes of at least 4 members (excludes halogenated alkanes) is 17. The van der Waals surface area contributed by atoms with Gasteiger partial charge >= 0.3 is 11.9 Å². The van der Waals surface area contributed by atoms with Crippen molar-refractivity contribution < 1.29 is 93.8 Å². The molecule has 0 aromatic rings. The zero-order valence-corrected chi connectivity index (χ0v) is 42.3. The first kappa shape index (κ1) is 63.5. The predicted molar refractivity (Wildman–Crippen MR) is 254 cm³/mol. The first-order valence-corrected chi connectivity index (χ1v) is 26.4. The Kier molecular flexibility index (Phi) is 33.4. The lowest BCUT2D eigenvalue weighted by Crippen LogP contribution is -2.63. The number of esters is 1. The predicted octanol–water partition coefficient (Wildman–Crippen LogP) is 4.27. The summed E-state index contributed by atoms with van der Waals surface area (Å²) in [6.07, 6.45) is 1.31. The molecule has 17 atom stereocenters. The second kappa shape index (κ2) is 36.3. The number of carbonyl (C=O) groups is 2. The summed E-state index contributed by atoms with van der Waals surface area (Å²) in [5, 5.41) is 100.0. The number of carbonyl (C=O) groups excluding carboxylic acids is 1. The highest BCUT2D eigenvalue weighted by atomic mass is 16.8. The van der Waals surface area contributed by atoms with Crippen LogP contribution in [0.1, 0.15) is 189 Å². The third-order valence-corrected chi connectivity index (χ3v) is 13.2. The summed E-state index contributed by atoms with van der Waals surface area (Å²) in [7, 11) is 0. The summed E-state index contributed by atoms with van der Waals surface area (Å²) in [6.45, 7) is 9.47. The number of hydrogen-bond acceptors (Lipinski definition) is 18. The highest BCUT2D eigenvalue weighted by molar-refractivity contribution is 5.72. The lowest BCUT2D eigenvalue weighted by atomic mass is 9.97. The maximum atomic E-state index is 13.1. The molecule has 19 nitrogen and oxygen atoms in total. The van der Waals surface area contributed by atoms with Crippen LogP contribution in [0, 0.1) is 0 Å². The van der Waals surface area contributed by atoms with Gasteiger partial charge in [0.2, 0.25) is 0 Å². The van der Waals surface area contributed by atoms with Crippen LogP contribution in [0.3, 0.4) is 0 Å². The average Bonchev–Trinajstić information content (AvgIpc) is 3.31. The highest BCUT2D eigenvalue weighted by Crippen LogP contribution is 2.32. The number of carboxylic acids is 1. The largest absolute Gasteiger partial charge is 0.481 e. The van der Waals surface area contributed by atoms with Gasteiger partial charge in [0.1, 0.15) is 67.1 Å². The van der Waals surface area contributed by atoms with Gasteiger partial charge in [-0.05, 0) is 39.5 Å². The minimum atomic E-state index is -1.67. The van der Waals surface area contributed by atoms with Crippen molar-refractivity contribution in [2.75, 3.05) is 13.2 Å². The maximum absolute atomic E-state index is 13.1. The molecule has 0 radical (unpaired) electrons. The molecule has 0 aliphatic carbocycles. The van der Waals surface area contributed by atoms with Gasteiger partial charge in [0.05, 0.1) is 37.8 Å². The summed E-state index contributed by atoms with van der Waals surface area (Å²) in [6, 6.07) is 0. The fraction of sp³-hybridized carbons (Fsp3) is 0.960. The molecule has 3 aliphatic rings. The molecule has 0 aromatic heterocycles. The monoisotopic (exact) mass is 999 g/mol. The smallest absolute Gasteiger partial charge is 0.308 e. The molecule has 3 heterocycles. The molecule has 3 saturated heterocycles. The van der Waals surface area contributed by atoms with Crippen molar-refractivity contribution in [1.82, 2.24) is 0 Å². The minimum absolute atomic E-state index is 0.205. The van der Waals surface area contributed by atoms with E-state index in [4.69, 9.17) is 38.3 Å². The Morgan fingerprint density at radius 1 is 0.493 bits per heavy atom. The van der Waals surface area contributed by atoms with Crippen LogP contribution >= 0.6 is 0 Å². The van der Waals surface area contributed by atoms with Crippen molar-refractivity contribution in [2.45, 2.75) is 293 Å². The van der Waals surface area contributed by atoms with Gasteiger partial charge in [-0.2, -0.15) is 0 Å². The number of aliphatic hydroxyl groups is 9. The van der Waals surface area contributed by atoms with E-state index >= 15 is 0 Å². The summed E-state index contributed by atoms with van der Waals surface area (Å²) in [5.74, 6) is -1.67. The Balaban J connectivity index is 0.000000572. The van der Waals surface area contributed by atoms with Gasteiger partial charge in [0.15, 0.2) is 18.9 Å². The average molecular weight is 999 g/mol. The molecule has 3 rings (SSSR count). The number of carboxylic acid groups (broad SMARTS) is 1. The summed E-state index contributed by atoms with van der Waals surface area (Å²) >= 11 is 0. The Morgan fingerprint density at radius 2 is 0.942 bits per heavy atom. The molecule has 19 heteroatoms. The van der Waals surface area contributed by atoms with Gasteiger partial charge in [0, 0.05) is 6.61 Å². The first-order chi connectivity index (χ1) is 33.0. The van der Waals surface area contributed by atoms with Crippen LogP contribution in [0.15, 0.2) is 0 Å². The number of rotatable bonds is 34. The molecule has 12 unspecified atom stereocenters. The van der Waals surface area contributed by atoms with E-state index in [1.807, 2.05) is 0 Å². The number of aliphatic carboxylic acids is 1. The topological polar surface area (TPSA) is 301 Å². The van der Waals surface area contributed by atoms with Crippen molar-refractivity contribution in [3.8, 4) is 0 Å². The lowest BCUT2D eigenvalue weighted by molar-refractivity contribution is -0.366. The van der Waals surface area contributed by atoms with E-state index in [0.717, 1.165) is 77.0 Å². The molecular weight excluding hydrogens is 905 g/mol. The van der Waals surface area contributed by atoms with Crippen molar-refractivity contribution in [1.29, 1.82) is 0 Å². The van der Waals surface area contributed by atoms with Crippen LogP contribution in [0.4, 0.5) is 0 Å². The van der Waals surface area contributed by atoms with Gasteiger partial charge in [-0.25, -0.2) is 0 Å². The summed E-state index contributed by atoms with van der Waals surface area (Å²) < 4.78 is 39.8. The van der Waals surface area contributed by atoms with Crippen LogP contribution in [0.25, 0.3) is 0 Å². The van der Waals surface area contributed by atoms with Crippen LogP contribution in [-0.4, -0.2) is 181 Å². The van der Waals surface area contributed by atoms with Crippen molar-refractivity contribution in [3.05, 3.63) is 0 Å². The van der Waals surface area contributed by atoms with Crippen LogP contribution < -0.4 is 0 Å². The Hall–Kier alpha value is -1.66. The third kappa shape index (κ3) is 23.8. The second-order valence-electron chi connectivity index (χ2n) is 19.3. The third-order valence-electron chi connectivity index (χ3n) is 13.2. The SMILES string of the molecule is CCCCCCCC(CC(=O)O)OC(=O)CC(CCCCCCC)OC1OC(C)C(O)C(O)C1OC1OC(C)C(O)C(O)C1O.CCCCCCCCCCCCO[C@@H]1O[C@H](CO)[C@@H](O)[C@H](O)[C@H]1O.